The van der Waals surface area contributed by atoms with Crippen LogP contribution in [0.2, 0.25) is 0 Å². The van der Waals surface area contributed by atoms with Crippen molar-refractivity contribution in [3.8, 4) is 11.5 Å². The topological polar surface area (TPSA) is 73.2 Å². The first-order valence-corrected chi connectivity index (χ1v) is 9.90. The van der Waals surface area contributed by atoms with E-state index in [0.29, 0.717) is 28.6 Å². The Kier molecular flexibility index (Phi) is 4.59. The molecule has 0 saturated carbocycles. The Hall–Kier alpha value is -4.19. The van der Waals surface area contributed by atoms with Gasteiger partial charge in [0.25, 0.3) is 0 Å². The van der Waals surface area contributed by atoms with Gasteiger partial charge < -0.3 is 14.6 Å². The Labute approximate surface area is 179 Å². The van der Waals surface area contributed by atoms with E-state index in [1.54, 1.807) is 48.3 Å². The van der Waals surface area contributed by atoms with Crippen LogP contribution in [0.25, 0.3) is 0 Å². The zero-order valence-corrected chi connectivity index (χ0v) is 16.8. The summed E-state index contributed by atoms with van der Waals surface area (Å²) in [5.74, 6) is 0.904. The molecule has 1 aromatic heterocycles. The molecule has 0 aliphatic carbocycles. The lowest BCUT2D eigenvalue weighted by molar-refractivity contribution is -0.116. The van der Waals surface area contributed by atoms with E-state index < -0.39 is 5.92 Å². The summed E-state index contributed by atoms with van der Waals surface area (Å²) in [6.45, 7) is 0. The second kappa shape index (κ2) is 7.57. The number of aromatic nitrogens is 2. The van der Waals surface area contributed by atoms with Crippen molar-refractivity contribution in [3.63, 3.8) is 0 Å². The van der Waals surface area contributed by atoms with Gasteiger partial charge in [-0.25, -0.2) is 4.98 Å². The van der Waals surface area contributed by atoms with Crippen molar-refractivity contribution in [2.24, 2.45) is 7.05 Å². The van der Waals surface area contributed by atoms with E-state index >= 15 is 0 Å². The zero-order chi connectivity index (χ0) is 21.4. The van der Waals surface area contributed by atoms with Gasteiger partial charge in [-0.15, -0.1) is 0 Å². The minimum Gasteiger partial charge on any atom is -0.457 e. The monoisotopic (exact) mass is 409 g/mol. The van der Waals surface area contributed by atoms with Crippen molar-refractivity contribution in [1.82, 2.24) is 9.55 Å². The van der Waals surface area contributed by atoms with E-state index in [0.717, 1.165) is 11.1 Å². The average molecular weight is 409 g/mol. The maximum Gasteiger partial charge on any atom is 0.236 e. The van der Waals surface area contributed by atoms with Crippen molar-refractivity contribution in [3.05, 3.63) is 108 Å². The van der Waals surface area contributed by atoms with E-state index in [2.05, 4.69) is 10.3 Å². The van der Waals surface area contributed by atoms with Crippen LogP contribution in [-0.4, -0.2) is 21.2 Å². The summed E-state index contributed by atoms with van der Waals surface area (Å²) in [7, 11) is 1.78. The molecule has 4 aromatic rings. The molecule has 1 N–H and O–H groups in total. The predicted octanol–water partition coefficient (Wildman–Crippen LogP) is 4.53. The second-order valence-corrected chi connectivity index (χ2v) is 7.37. The molecule has 0 spiro atoms. The molecule has 31 heavy (non-hydrogen) atoms. The number of anilines is 1. The number of fused-ring (bicyclic) bond motifs is 2. The minimum atomic E-state index is -0.491. The molecule has 0 saturated heterocycles. The van der Waals surface area contributed by atoms with Crippen LogP contribution in [0.4, 0.5) is 5.69 Å². The number of carbonyl (C=O) groups is 2. The number of para-hydroxylation sites is 2. The number of benzene rings is 3. The lowest BCUT2D eigenvalue weighted by Crippen LogP contribution is -2.25. The zero-order valence-electron chi connectivity index (χ0n) is 16.8. The Balaban J connectivity index is 1.41. The van der Waals surface area contributed by atoms with Gasteiger partial charge >= 0.3 is 0 Å². The SMILES string of the molecule is Cn1ccnc1C(=O)c1ccc(NC(=O)C2c3ccccc3Oc3ccccc32)cc1. The molecule has 152 valence electrons. The van der Waals surface area contributed by atoms with Gasteiger partial charge in [0.05, 0.1) is 5.92 Å². The number of nitrogens with one attached hydrogen (secondary N) is 1. The Morgan fingerprint density at radius 2 is 1.52 bits per heavy atom. The molecule has 0 atom stereocenters. The highest BCUT2D eigenvalue weighted by Gasteiger charge is 2.32. The highest BCUT2D eigenvalue weighted by atomic mass is 16.5. The van der Waals surface area contributed by atoms with Gasteiger partial charge in [-0.2, -0.15) is 0 Å². The van der Waals surface area contributed by atoms with Crippen LogP contribution in [0.1, 0.15) is 33.2 Å². The predicted molar refractivity (Wildman–Crippen MR) is 117 cm³/mol. The van der Waals surface area contributed by atoms with E-state index in [-0.39, 0.29) is 11.7 Å². The number of imidazole rings is 1. The molecule has 6 nitrogen and oxygen atoms in total. The van der Waals surface area contributed by atoms with Crippen molar-refractivity contribution >= 4 is 17.4 Å². The largest absolute Gasteiger partial charge is 0.457 e. The third kappa shape index (κ3) is 3.38. The lowest BCUT2D eigenvalue weighted by Gasteiger charge is -2.27. The number of aryl methyl sites for hydroxylation is 1. The smallest absolute Gasteiger partial charge is 0.236 e. The number of ether oxygens (including phenoxy) is 1. The molecule has 0 radical (unpaired) electrons. The molecule has 1 amide bonds. The van der Waals surface area contributed by atoms with Crippen LogP contribution in [0.3, 0.4) is 0 Å². The molecule has 0 unspecified atom stereocenters. The molecular formula is C25H19N3O3. The number of nitrogens with zero attached hydrogens (tertiary/aromatic N) is 2. The molecule has 0 bridgehead atoms. The maximum atomic E-state index is 13.3. The first-order valence-electron chi connectivity index (χ1n) is 9.90. The van der Waals surface area contributed by atoms with E-state index in [4.69, 9.17) is 4.74 Å². The maximum absolute atomic E-state index is 13.3. The highest BCUT2D eigenvalue weighted by Crippen LogP contribution is 2.44. The molecular weight excluding hydrogens is 390 g/mol. The molecule has 5 rings (SSSR count). The number of amides is 1. The summed E-state index contributed by atoms with van der Waals surface area (Å²) in [6, 6.07) is 22.0. The van der Waals surface area contributed by atoms with Crippen LogP contribution >= 0.6 is 0 Å². The van der Waals surface area contributed by atoms with Gasteiger partial charge in [-0.3, -0.25) is 9.59 Å². The fraction of sp³-hybridized carbons (Fsp3) is 0.0800. The van der Waals surface area contributed by atoms with Gasteiger partial charge in [-0.1, -0.05) is 36.4 Å². The quantitative estimate of drug-likeness (QED) is 0.503. The van der Waals surface area contributed by atoms with Gasteiger partial charge in [-0.05, 0) is 36.4 Å². The van der Waals surface area contributed by atoms with Gasteiger partial charge in [0, 0.05) is 41.8 Å². The molecule has 0 fully saturated rings. The lowest BCUT2D eigenvalue weighted by atomic mass is 9.87. The third-order valence-corrected chi connectivity index (χ3v) is 5.38. The summed E-state index contributed by atoms with van der Waals surface area (Å²) in [6.07, 6.45) is 3.32. The van der Waals surface area contributed by atoms with Crippen LogP contribution in [0.5, 0.6) is 11.5 Å². The first kappa shape index (κ1) is 18.8. The summed E-state index contributed by atoms with van der Waals surface area (Å²) in [5.41, 5.74) is 2.76. The number of hydrogen-bond donors (Lipinski definition) is 1. The van der Waals surface area contributed by atoms with Crippen LogP contribution < -0.4 is 10.1 Å². The summed E-state index contributed by atoms with van der Waals surface area (Å²) < 4.78 is 7.65. The number of rotatable bonds is 4. The molecule has 2 heterocycles. The van der Waals surface area contributed by atoms with Crippen molar-refractivity contribution in [2.75, 3.05) is 5.32 Å². The van der Waals surface area contributed by atoms with Gasteiger partial charge in [0.2, 0.25) is 11.7 Å². The number of ketones is 1. The van der Waals surface area contributed by atoms with Crippen molar-refractivity contribution in [1.29, 1.82) is 0 Å². The van der Waals surface area contributed by atoms with Gasteiger partial charge in [0.15, 0.2) is 5.82 Å². The third-order valence-electron chi connectivity index (χ3n) is 5.38. The fourth-order valence-electron chi connectivity index (χ4n) is 3.83. The first-order chi connectivity index (χ1) is 15.1. The minimum absolute atomic E-state index is 0.161. The summed E-state index contributed by atoms with van der Waals surface area (Å²) in [4.78, 5) is 30.0. The molecule has 1 aliphatic rings. The molecule has 6 heteroatoms. The van der Waals surface area contributed by atoms with E-state index in [9.17, 15) is 9.59 Å². The Morgan fingerprint density at radius 3 is 2.10 bits per heavy atom. The normalized spacial score (nSPS) is 12.4. The van der Waals surface area contributed by atoms with Gasteiger partial charge in [0.1, 0.15) is 11.5 Å². The summed E-state index contributed by atoms with van der Waals surface area (Å²) >= 11 is 0. The second-order valence-electron chi connectivity index (χ2n) is 7.37. The Bertz CT molecular complexity index is 1250. The van der Waals surface area contributed by atoms with E-state index in [1.807, 2.05) is 48.5 Å². The van der Waals surface area contributed by atoms with E-state index in [1.165, 1.54) is 0 Å². The number of carbonyl (C=O) groups excluding carboxylic acids is 2. The molecule has 1 aliphatic heterocycles. The van der Waals surface area contributed by atoms with Crippen LogP contribution in [0.15, 0.2) is 85.2 Å². The van der Waals surface area contributed by atoms with Crippen molar-refractivity contribution < 1.29 is 14.3 Å². The number of hydrogen-bond acceptors (Lipinski definition) is 4. The average Bonchev–Trinajstić information content (AvgIpc) is 3.23. The highest BCUT2D eigenvalue weighted by molar-refractivity contribution is 6.07. The standard InChI is InChI=1S/C25H19N3O3/c1-28-15-14-26-24(28)23(29)16-10-12-17(13-11-16)27-25(30)22-18-6-2-4-8-20(18)31-21-9-5-3-7-19(21)22/h2-15,22H,1H3,(H,27,30). The van der Waals surface area contributed by atoms with Crippen LogP contribution in [-0.2, 0) is 11.8 Å². The Morgan fingerprint density at radius 1 is 0.903 bits per heavy atom. The fourth-order valence-corrected chi connectivity index (χ4v) is 3.83. The van der Waals surface area contributed by atoms with Crippen molar-refractivity contribution in [2.45, 2.75) is 5.92 Å². The van der Waals surface area contributed by atoms with Crippen LogP contribution in [0, 0.1) is 0 Å². The molecule has 3 aromatic carbocycles. The summed E-state index contributed by atoms with van der Waals surface area (Å²) in [5, 5.41) is 2.98.